The molecule has 7 N–H and O–H groups in total. The number of aliphatic hydroxyl groups excluding tert-OH is 7. The van der Waals surface area contributed by atoms with Gasteiger partial charge in [-0.05, 0) is 6.92 Å². The van der Waals surface area contributed by atoms with E-state index in [0.29, 0.717) is 11.4 Å². The Balaban J connectivity index is 1.29. The Bertz CT molecular complexity index is 975. The summed E-state index contributed by atoms with van der Waals surface area (Å²) < 4.78 is 22.8. The summed E-state index contributed by atoms with van der Waals surface area (Å²) in [4.78, 5) is 1.34. The number of nitrogens with zero attached hydrogens (tertiary/aromatic N) is 6. The normalized spacial score (nSPS) is 36.2. The fraction of sp³-hybridized carbons (Fsp3) is 0.789. The quantitative estimate of drug-likeness (QED) is 0.165. The molecule has 17 heteroatoms. The topological polar surface area (TPSA) is 240 Å². The van der Waals surface area contributed by atoms with Crippen molar-refractivity contribution >= 4 is 0 Å². The lowest BCUT2D eigenvalue weighted by Gasteiger charge is -2.39. The van der Waals surface area contributed by atoms with Crippen LogP contribution in [0.25, 0.3) is 0 Å². The van der Waals surface area contributed by atoms with Crippen molar-refractivity contribution in [2.75, 3.05) is 13.2 Å². The van der Waals surface area contributed by atoms with E-state index in [1.165, 1.54) is 15.7 Å². The molecule has 0 aromatic carbocycles. The van der Waals surface area contributed by atoms with Crippen LogP contribution >= 0.6 is 0 Å². The maximum atomic E-state index is 10.1. The van der Waals surface area contributed by atoms with Crippen molar-refractivity contribution in [1.82, 2.24) is 30.0 Å². The standard InChI is InChI=1S/C19H30N6O11/c1-8(25-20-2-9(22-25)5-33-18-16(31)13(28)11(27)7-35-18)24-3-10(21-23-24)6-34-19-17(32)15(30)14(29)12(4-26)36-19/h2-3,8,11-19,26-32H,4-7H2,1H3/t8?,11-,12-,13+,14-,15+,16-,17+,18-,19+/m1/s1. The van der Waals surface area contributed by atoms with Crippen molar-refractivity contribution in [3.05, 3.63) is 23.8 Å². The van der Waals surface area contributed by atoms with Crippen LogP contribution in [0.15, 0.2) is 12.4 Å². The van der Waals surface area contributed by atoms with Crippen LogP contribution in [-0.4, -0.2) is 134 Å². The van der Waals surface area contributed by atoms with Crippen molar-refractivity contribution < 1.29 is 54.7 Å². The Labute approximate surface area is 204 Å². The van der Waals surface area contributed by atoms with Crippen molar-refractivity contribution in [2.45, 2.75) is 81.6 Å². The lowest BCUT2D eigenvalue weighted by Crippen LogP contribution is -2.59. The van der Waals surface area contributed by atoms with Crippen LogP contribution in [0.5, 0.6) is 0 Å². The maximum absolute atomic E-state index is 10.1. The molecule has 0 amide bonds. The summed E-state index contributed by atoms with van der Waals surface area (Å²) in [6.45, 7) is 0.772. The molecule has 2 saturated heterocycles. The highest BCUT2D eigenvalue weighted by atomic mass is 16.7. The molecule has 202 valence electrons. The van der Waals surface area contributed by atoms with Gasteiger partial charge in [0.15, 0.2) is 18.7 Å². The average molecular weight is 518 g/mol. The van der Waals surface area contributed by atoms with E-state index in [0.717, 1.165) is 0 Å². The molecule has 2 aromatic heterocycles. The third kappa shape index (κ3) is 5.71. The molecule has 0 bridgehead atoms. The third-order valence-corrected chi connectivity index (χ3v) is 5.92. The van der Waals surface area contributed by atoms with Gasteiger partial charge in [0.2, 0.25) is 0 Å². The first kappa shape index (κ1) is 26.9. The molecular weight excluding hydrogens is 488 g/mol. The van der Waals surface area contributed by atoms with Crippen molar-refractivity contribution in [2.24, 2.45) is 0 Å². The molecule has 4 rings (SSSR count). The number of aliphatic hydroxyl groups is 7. The van der Waals surface area contributed by atoms with Crippen LogP contribution < -0.4 is 0 Å². The van der Waals surface area contributed by atoms with Gasteiger partial charge >= 0.3 is 0 Å². The molecule has 0 saturated carbocycles. The fourth-order valence-electron chi connectivity index (χ4n) is 3.69. The van der Waals surface area contributed by atoms with Gasteiger partial charge in [0, 0.05) is 0 Å². The van der Waals surface area contributed by atoms with E-state index >= 15 is 0 Å². The fourth-order valence-corrected chi connectivity index (χ4v) is 3.69. The Hall–Kier alpha value is -2.16. The molecule has 1 unspecified atom stereocenters. The number of ether oxygens (including phenoxy) is 4. The first-order chi connectivity index (χ1) is 17.2. The lowest BCUT2D eigenvalue weighted by atomic mass is 9.99. The minimum atomic E-state index is -1.55. The molecule has 0 aliphatic carbocycles. The van der Waals surface area contributed by atoms with E-state index in [-0.39, 0.29) is 19.8 Å². The number of hydrogen-bond donors (Lipinski definition) is 7. The number of aromatic nitrogens is 6. The number of rotatable bonds is 9. The second-order valence-electron chi connectivity index (χ2n) is 8.55. The van der Waals surface area contributed by atoms with Gasteiger partial charge in [-0.25, -0.2) is 4.68 Å². The largest absolute Gasteiger partial charge is 0.394 e. The highest BCUT2D eigenvalue weighted by Crippen LogP contribution is 2.23. The Morgan fingerprint density at radius 1 is 0.972 bits per heavy atom. The zero-order valence-electron chi connectivity index (χ0n) is 19.2. The van der Waals surface area contributed by atoms with Gasteiger partial charge in [-0.15, -0.1) is 5.10 Å². The van der Waals surface area contributed by atoms with Crippen molar-refractivity contribution in [1.29, 1.82) is 0 Å². The Morgan fingerprint density at radius 2 is 1.67 bits per heavy atom. The van der Waals surface area contributed by atoms with E-state index in [1.54, 1.807) is 13.1 Å². The predicted octanol–water partition coefficient (Wildman–Crippen LogP) is -4.79. The smallest absolute Gasteiger partial charge is 0.187 e. The SMILES string of the molecule is CC(n1cc(CO[C@H]2O[C@H](CO)[C@@H](O)[C@H](O)[C@@H]2O)nn1)n1ncc(CO[C@@H]2OC[C@@H](O)[C@H](O)[C@H]2O)n1. The molecule has 0 spiro atoms. The van der Waals surface area contributed by atoms with Gasteiger partial charge < -0.3 is 54.7 Å². The molecule has 10 atom stereocenters. The molecule has 2 aromatic rings. The van der Waals surface area contributed by atoms with Crippen LogP contribution in [0.4, 0.5) is 0 Å². The highest BCUT2D eigenvalue weighted by Gasteiger charge is 2.44. The van der Waals surface area contributed by atoms with Crippen LogP contribution in [0.1, 0.15) is 24.5 Å². The second-order valence-corrected chi connectivity index (χ2v) is 8.55. The maximum Gasteiger partial charge on any atom is 0.187 e. The van der Waals surface area contributed by atoms with Gasteiger partial charge in [-0.3, -0.25) is 0 Å². The summed E-state index contributed by atoms with van der Waals surface area (Å²) >= 11 is 0. The van der Waals surface area contributed by atoms with E-state index in [4.69, 9.17) is 18.9 Å². The monoisotopic (exact) mass is 518 g/mol. The first-order valence-electron chi connectivity index (χ1n) is 11.2. The van der Waals surface area contributed by atoms with E-state index in [1.807, 2.05) is 0 Å². The first-order valence-corrected chi connectivity index (χ1v) is 11.2. The lowest BCUT2D eigenvalue weighted by molar-refractivity contribution is -0.304. The minimum absolute atomic E-state index is 0.0766. The minimum Gasteiger partial charge on any atom is -0.394 e. The summed E-state index contributed by atoms with van der Waals surface area (Å²) in [5.41, 5.74) is 0.767. The molecule has 0 radical (unpaired) electrons. The van der Waals surface area contributed by atoms with Crippen molar-refractivity contribution in [3.8, 4) is 0 Å². The van der Waals surface area contributed by atoms with Gasteiger partial charge in [0.25, 0.3) is 0 Å². The van der Waals surface area contributed by atoms with E-state index < -0.39 is 68.1 Å². The van der Waals surface area contributed by atoms with Crippen LogP contribution in [0.3, 0.4) is 0 Å². The molecule has 17 nitrogen and oxygen atoms in total. The third-order valence-electron chi connectivity index (χ3n) is 5.92. The summed E-state index contributed by atoms with van der Waals surface area (Å²) in [5, 5.41) is 84.6. The molecule has 2 fully saturated rings. The molecule has 2 aliphatic heterocycles. The van der Waals surface area contributed by atoms with Gasteiger partial charge in [-0.1, -0.05) is 5.21 Å². The van der Waals surface area contributed by atoms with E-state index in [9.17, 15) is 35.7 Å². The van der Waals surface area contributed by atoms with Crippen molar-refractivity contribution in [3.63, 3.8) is 0 Å². The molecule has 2 aliphatic rings. The highest BCUT2D eigenvalue weighted by molar-refractivity contribution is 4.94. The summed E-state index contributed by atoms with van der Waals surface area (Å²) in [5.74, 6) is 0. The van der Waals surface area contributed by atoms with Crippen LogP contribution in [0, 0.1) is 0 Å². The average Bonchev–Trinajstić information content (AvgIpc) is 3.55. The van der Waals surface area contributed by atoms with Crippen LogP contribution in [0.2, 0.25) is 0 Å². The second kappa shape index (κ2) is 11.5. The van der Waals surface area contributed by atoms with Crippen LogP contribution in [-0.2, 0) is 32.2 Å². The van der Waals surface area contributed by atoms with E-state index in [2.05, 4.69) is 20.5 Å². The number of hydrogen-bond acceptors (Lipinski definition) is 15. The molecule has 4 heterocycles. The summed E-state index contributed by atoms with van der Waals surface area (Å²) in [6.07, 6.45) is -9.60. The van der Waals surface area contributed by atoms with Gasteiger partial charge in [0.1, 0.15) is 54.1 Å². The molecular formula is C19H30N6O11. The molecule has 36 heavy (non-hydrogen) atoms. The van der Waals surface area contributed by atoms with Gasteiger partial charge in [-0.2, -0.15) is 15.0 Å². The predicted molar refractivity (Wildman–Crippen MR) is 111 cm³/mol. The Kier molecular flexibility index (Phi) is 8.58. The zero-order chi connectivity index (χ0) is 26.0. The van der Waals surface area contributed by atoms with Gasteiger partial charge in [0.05, 0.1) is 38.8 Å². The summed E-state index contributed by atoms with van der Waals surface area (Å²) in [7, 11) is 0. The Morgan fingerprint density at radius 3 is 2.42 bits per heavy atom. The summed E-state index contributed by atoms with van der Waals surface area (Å²) in [6, 6.07) is 0. The zero-order valence-corrected chi connectivity index (χ0v) is 19.2.